The fraction of sp³-hybridized carbons (Fsp3) is 1.00. The second kappa shape index (κ2) is 54.8. The van der Waals surface area contributed by atoms with Crippen molar-refractivity contribution in [2.24, 2.45) is 58.2 Å². The normalized spacial score (nSPS) is 12.4. The predicted octanol–water partition coefficient (Wildman–Crippen LogP) is 22.7. The van der Waals surface area contributed by atoms with Gasteiger partial charge in [0, 0.05) is 23.0 Å². The van der Waals surface area contributed by atoms with Crippen molar-refractivity contribution in [3.8, 4) is 0 Å². The summed E-state index contributed by atoms with van der Waals surface area (Å²) in [5, 5.41) is 7.54. The Morgan fingerprint density at radius 3 is 0.585 bits per heavy atom. The van der Waals surface area contributed by atoms with E-state index in [0.717, 1.165) is 47.8 Å². The summed E-state index contributed by atoms with van der Waals surface area (Å²) in [5.41, 5.74) is 0.609. The maximum Gasteiger partial charge on any atom is 0.0892 e. The lowest BCUT2D eigenvalue weighted by Gasteiger charge is -2.40. The Kier molecular flexibility index (Phi) is 67.3. The van der Waals surface area contributed by atoms with Crippen LogP contribution in [-0.2, 0) is 28.4 Å². The van der Waals surface area contributed by atoms with Gasteiger partial charge in [-0.05, 0) is 206 Å². The minimum absolute atomic E-state index is 0. The monoisotopic (exact) mass is 1180 g/mol. The highest BCUT2D eigenvalue weighted by atomic mass is 16.5. The quantitative estimate of drug-likeness (QED) is 0.0627. The topological polar surface area (TPSA) is 79.4 Å². The average Bonchev–Trinajstić information content (AvgIpc) is 3.24. The summed E-state index contributed by atoms with van der Waals surface area (Å²) < 4.78 is 35.3. The number of nitrogens with one attached hydrogen (secondary N) is 2. The Labute approximate surface area is 523 Å². The summed E-state index contributed by atoms with van der Waals surface area (Å²) in [7, 11) is 0. The van der Waals surface area contributed by atoms with Crippen molar-refractivity contribution in [3.05, 3.63) is 0 Å². The Hall–Kier alpha value is -0.320. The third kappa shape index (κ3) is 62.7. The highest BCUT2D eigenvalue weighted by molar-refractivity contribution is 4.92. The van der Waals surface area contributed by atoms with Gasteiger partial charge in [-0.1, -0.05) is 176 Å². The Morgan fingerprint density at radius 1 is 0.232 bits per heavy atom. The zero-order valence-corrected chi connectivity index (χ0v) is 58.7. The lowest BCUT2D eigenvalue weighted by Crippen LogP contribution is -2.59. The fourth-order valence-corrected chi connectivity index (χ4v) is 10.9. The van der Waals surface area contributed by atoms with Gasteiger partial charge in [0.05, 0.1) is 81.8 Å². The lowest BCUT2D eigenvalue weighted by molar-refractivity contribution is -0.108. The molecule has 2 N–H and O–H groups in total. The molecule has 510 valence electrons. The van der Waals surface area contributed by atoms with Gasteiger partial charge in [0.2, 0.25) is 0 Å². The van der Waals surface area contributed by atoms with Crippen molar-refractivity contribution in [2.45, 2.75) is 389 Å². The average molecular weight is 1180 g/mol. The molecule has 0 aliphatic heterocycles. The van der Waals surface area contributed by atoms with E-state index in [1.807, 2.05) is 41.5 Å². The Balaban J connectivity index is -0.000000122. The molecule has 0 fully saturated rings. The number of ether oxygens (including phenoxy) is 6. The first-order valence-electron chi connectivity index (χ1n) is 32.4. The molecule has 0 bridgehead atoms. The van der Waals surface area contributed by atoms with Crippen LogP contribution in [0.1, 0.15) is 329 Å². The van der Waals surface area contributed by atoms with Crippen molar-refractivity contribution in [1.29, 1.82) is 0 Å². The van der Waals surface area contributed by atoms with Crippen LogP contribution in [0.5, 0.6) is 0 Å². The van der Waals surface area contributed by atoms with Crippen LogP contribution in [0.2, 0.25) is 0 Å². The fourth-order valence-electron chi connectivity index (χ4n) is 10.9. The van der Waals surface area contributed by atoms with Gasteiger partial charge >= 0.3 is 0 Å². The molecule has 0 atom stereocenters. The van der Waals surface area contributed by atoms with Crippen LogP contribution >= 0.6 is 0 Å². The summed E-state index contributed by atoms with van der Waals surface area (Å²) in [6.07, 6.45) is 16.0. The van der Waals surface area contributed by atoms with Crippen molar-refractivity contribution in [1.82, 2.24) is 10.6 Å². The van der Waals surface area contributed by atoms with Crippen LogP contribution in [0.25, 0.3) is 0 Å². The summed E-state index contributed by atoms with van der Waals surface area (Å²) in [5.74, 6) is 6.32. The third-order valence-electron chi connectivity index (χ3n) is 13.2. The van der Waals surface area contributed by atoms with Gasteiger partial charge in [-0.25, -0.2) is 0 Å². The molecule has 0 amide bonds. The van der Waals surface area contributed by atoms with Crippen molar-refractivity contribution < 1.29 is 28.4 Å². The van der Waals surface area contributed by atoms with E-state index in [1.165, 1.54) is 64.2 Å². The van der Waals surface area contributed by atoms with Crippen molar-refractivity contribution in [3.63, 3.8) is 0 Å². The van der Waals surface area contributed by atoms with Crippen LogP contribution in [-0.4, -0.2) is 99.4 Å². The Morgan fingerprint density at radius 2 is 0.415 bits per heavy atom. The Bertz CT molecular complexity index is 1030. The van der Waals surface area contributed by atoms with Crippen molar-refractivity contribution >= 4 is 0 Å². The van der Waals surface area contributed by atoms with Crippen LogP contribution in [0.4, 0.5) is 0 Å². The van der Waals surface area contributed by atoms with Gasteiger partial charge in [0.25, 0.3) is 0 Å². The van der Waals surface area contributed by atoms with E-state index in [0.29, 0.717) is 68.6 Å². The van der Waals surface area contributed by atoms with Crippen molar-refractivity contribution in [2.75, 3.05) is 39.6 Å². The summed E-state index contributed by atoms with van der Waals surface area (Å²) in [4.78, 5) is 0. The molecule has 8 heteroatoms. The molecule has 0 aromatic heterocycles. The van der Waals surface area contributed by atoms with Gasteiger partial charge in [0.1, 0.15) is 0 Å². The molecule has 0 heterocycles. The molecule has 0 saturated carbocycles. The van der Waals surface area contributed by atoms with Gasteiger partial charge in [-0.2, -0.15) is 0 Å². The zero-order chi connectivity index (χ0) is 60.9. The lowest BCUT2D eigenvalue weighted by atomic mass is 9.65. The SMILES string of the molecule is C.C.C.C.C.CC(C)CC(CC(C)C)(CC(C)C)CC(C)C.CC(C)CC(COC(C)C)(COC(C)C)COC(C)C.CC(C)CCC(CCC(C)C)(CCC(C)C)NC(C)C.CC(C)NC(COC(C)C)(COC(C)C)COC(C)C. The minimum Gasteiger partial charge on any atom is -0.378 e. The van der Waals surface area contributed by atoms with Crippen LogP contribution < -0.4 is 10.6 Å². The van der Waals surface area contributed by atoms with E-state index >= 15 is 0 Å². The maximum absolute atomic E-state index is 5.91. The molecule has 0 rings (SSSR count). The number of hydrogen-bond acceptors (Lipinski definition) is 8. The maximum atomic E-state index is 5.91. The molecule has 0 saturated heterocycles. The summed E-state index contributed by atoms with van der Waals surface area (Å²) >= 11 is 0. The standard InChI is InChI=1S/C19H41N.C17H36O3.C17H36.C16H35NO3.5CH4/c1-15(2)9-12-19(20-18(7)8,13-10-16(3)4)14-11-17(5)6;1-13(2)9-17(10-18-14(3)4,11-19-15(5)6)12-20-16(7)8;1-13(2)9-17(10-14(3)4,11-15(5)6)12-16(7)8;1-12(2)17-16(9-18-13(3)4,10-19-14(5)6)11-20-15(7)8;;;;;/h15-18,20H,9-14H2,1-8H3;13-16H,9-12H2,1-8H3;13-16H,9-12H2,1-8H3;12-15,17H,9-11H2,1-8H3;5*1H4. The molecular weight excluding hydrogens is 1010 g/mol. The van der Waals surface area contributed by atoms with Gasteiger partial charge in [-0.3, -0.25) is 0 Å². The van der Waals surface area contributed by atoms with E-state index < -0.39 is 0 Å². The van der Waals surface area contributed by atoms with E-state index in [2.05, 4.69) is 191 Å². The molecule has 0 aromatic rings. The first-order valence-corrected chi connectivity index (χ1v) is 32.4. The van der Waals surface area contributed by atoms with E-state index in [4.69, 9.17) is 28.4 Å². The van der Waals surface area contributed by atoms with E-state index in [1.54, 1.807) is 0 Å². The van der Waals surface area contributed by atoms with Crippen LogP contribution in [0, 0.1) is 58.2 Å². The van der Waals surface area contributed by atoms with E-state index in [9.17, 15) is 0 Å². The van der Waals surface area contributed by atoms with Gasteiger partial charge in [0.15, 0.2) is 0 Å². The first-order chi connectivity index (χ1) is 35.2. The van der Waals surface area contributed by atoms with Crippen LogP contribution in [0.3, 0.4) is 0 Å². The zero-order valence-electron chi connectivity index (χ0n) is 58.7. The highest BCUT2D eigenvalue weighted by Gasteiger charge is 2.36. The van der Waals surface area contributed by atoms with Gasteiger partial charge in [-0.15, -0.1) is 0 Å². The largest absolute Gasteiger partial charge is 0.378 e. The highest BCUT2D eigenvalue weighted by Crippen LogP contribution is 2.44. The number of rotatable bonds is 41. The molecule has 0 aliphatic carbocycles. The molecule has 0 radical (unpaired) electrons. The minimum atomic E-state index is -0.299. The molecular formula is C74H168N2O6. The third-order valence-corrected chi connectivity index (χ3v) is 13.2. The summed E-state index contributed by atoms with van der Waals surface area (Å²) in [6, 6.07) is 0.929. The molecule has 8 nitrogen and oxygen atoms in total. The van der Waals surface area contributed by atoms with E-state index in [-0.39, 0.29) is 84.7 Å². The van der Waals surface area contributed by atoms with Gasteiger partial charge < -0.3 is 39.1 Å². The number of hydrogen-bond donors (Lipinski definition) is 2. The predicted molar refractivity (Wildman–Crippen MR) is 377 cm³/mol. The smallest absolute Gasteiger partial charge is 0.0892 e. The molecule has 0 unspecified atom stereocenters. The first kappa shape index (κ1) is 101. The second-order valence-corrected chi connectivity index (χ2v) is 30.1. The van der Waals surface area contributed by atoms with Crippen LogP contribution in [0.15, 0.2) is 0 Å². The second-order valence-electron chi connectivity index (χ2n) is 30.1. The summed E-state index contributed by atoms with van der Waals surface area (Å²) in [6.45, 7) is 75.1. The molecule has 0 aliphatic rings. The molecule has 0 spiro atoms. The molecule has 82 heavy (non-hydrogen) atoms. The molecule has 0 aromatic carbocycles.